The first kappa shape index (κ1) is 17.3. The summed E-state index contributed by atoms with van der Waals surface area (Å²) >= 11 is 0. The fourth-order valence-electron chi connectivity index (χ4n) is 1.66. The lowest BCUT2D eigenvalue weighted by Crippen LogP contribution is -2.24. The Labute approximate surface area is 135 Å². The topological polar surface area (TPSA) is 64.6 Å². The zero-order valence-corrected chi connectivity index (χ0v) is 12.2. The van der Waals surface area contributed by atoms with Crippen molar-refractivity contribution >= 4 is 17.6 Å². The van der Waals surface area contributed by atoms with Gasteiger partial charge in [0, 0.05) is 0 Å². The Balaban J connectivity index is 1.79. The lowest BCUT2D eigenvalue weighted by atomic mass is 10.3. The van der Waals surface area contributed by atoms with Crippen molar-refractivity contribution in [2.75, 3.05) is 18.5 Å². The molecule has 0 aromatic heterocycles. The summed E-state index contributed by atoms with van der Waals surface area (Å²) in [6.07, 6.45) is 0. The highest BCUT2D eigenvalue weighted by molar-refractivity contribution is 5.93. The number of halogens is 3. The van der Waals surface area contributed by atoms with Gasteiger partial charge in [-0.15, -0.1) is 0 Å². The van der Waals surface area contributed by atoms with Crippen LogP contribution in [0.25, 0.3) is 0 Å². The average molecular weight is 339 g/mol. The first-order valence-corrected chi connectivity index (χ1v) is 6.74. The van der Waals surface area contributed by atoms with Crippen LogP contribution in [0.15, 0.2) is 42.5 Å². The quantitative estimate of drug-likeness (QED) is 0.649. The van der Waals surface area contributed by atoms with Gasteiger partial charge in [0.05, 0.1) is 5.69 Å². The predicted octanol–water partition coefficient (Wildman–Crippen LogP) is 2.66. The molecular weight excluding hydrogens is 327 g/mol. The molecule has 1 N–H and O–H groups in total. The molecule has 2 rings (SSSR count). The van der Waals surface area contributed by atoms with Gasteiger partial charge in [0.15, 0.2) is 30.7 Å². The number of carbonyl (C=O) groups excluding carboxylic acids is 2. The van der Waals surface area contributed by atoms with Crippen LogP contribution in [0, 0.1) is 17.5 Å². The van der Waals surface area contributed by atoms with E-state index in [9.17, 15) is 22.8 Å². The molecule has 2 aromatic rings. The van der Waals surface area contributed by atoms with Gasteiger partial charge in [-0.3, -0.25) is 4.79 Å². The summed E-state index contributed by atoms with van der Waals surface area (Å²) < 4.78 is 48.9. The molecule has 2 aromatic carbocycles. The summed E-state index contributed by atoms with van der Waals surface area (Å²) in [5.41, 5.74) is -0.560. The Morgan fingerprint density at radius 1 is 0.917 bits per heavy atom. The van der Waals surface area contributed by atoms with Crippen molar-refractivity contribution in [3.63, 3.8) is 0 Å². The van der Waals surface area contributed by atoms with Crippen molar-refractivity contribution in [3.05, 3.63) is 59.9 Å². The number of ether oxygens (including phenoxy) is 2. The van der Waals surface area contributed by atoms with Gasteiger partial charge in [0.1, 0.15) is 5.75 Å². The predicted molar refractivity (Wildman–Crippen MR) is 77.8 cm³/mol. The summed E-state index contributed by atoms with van der Waals surface area (Å²) in [7, 11) is 0. The van der Waals surface area contributed by atoms with Crippen LogP contribution in [0.2, 0.25) is 0 Å². The van der Waals surface area contributed by atoms with Gasteiger partial charge in [0.25, 0.3) is 5.91 Å². The molecule has 0 atom stereocenters. The summed E-state index contributed by atoms with van der Waals surface area (Å²) in [6, 6.07) is 9.97. The number of benzene rings is 2. The Morgan fingerprint density at radius 3 is 2.33 bits per heavy atom. The van der Waals surface area contributed by atoms with Crippen molar-refractivity contribution in [1.82, 2.24) is 0 Å². The van der Waals surface area contributed by atoms with Crippen molar-refractivity contribution in [2.24, 2.45) is 0 Å². The monoisotopic (exact) mass is 339 g/mol. The lowest BCUT2D eigenvalue weighted by Gasteiger charge is -2.09. The standard InChI is InChI=1S/C16H12F3NO4/c17-11-6-7-12(16(19)15(11)18)20-13(21)8-24-14(22)9-23-10-4-2-1-3-5-10/h1-7H,8-9H2,(H,20,21). The number of anilines is 1. The summed E-state index contributed by atoms with van der Waals surface area (Å²) in [4.78, 5) is 23.0. The van der Waals surface area contributed by atoms with Crippen LogP contribution in [0.1, 0.15) is 0 Å². The molecule has 0 unspecified atom stereocenters. The fraction of sp³-hybridized carbons (Fsp3) is 0.125. The molecule has 0 aliphatic carbocycles. The molecule has 0 radical (unpaired) electrons. The molecule has 0 bridgehead atoms. The van der Waals surface area contributed by atoms with Crippen molar-refractivity contribution in [1.29, 1.82) is 0 Å². The van der Waals surface area contributed by atoms with Gasteiger partial charge in [-0.1, -0.05) is 18.2 Å². The van der Waals surface area contributed by atoms with Crippen molar-refractivity contribution in [2.45, 2.75) is 0 Å². The van der Waals surface area contributed by atoms with Gasteiger partial charge < -0.3 is 14.8 Å². The van der Waals surface area contributed by atoms with E-state index in [1.165, 1.54) is 0 Å². The van der Waals surface area contributed by atoms with E-state index in [0.717, 1.165) is 6.07 Å². The molecule has 5 nitrogen and oxygen atoms in total. The highest BCUT2D eigenvalue weighted by Gasteiger charge is 2.16. The van der Waals surface area contributed by atoms with Crippen molar-refractivity contribution < 1.29 is 32.2 Å². The largest absolute Gasteiger partial charge is 0.482 e. The maximum atomic E-state index is 13.4. The minimum atomic E-state index is -1.71. The molecule has 0 saturated heterocycles. The van der Waals surface area contributed by atoms with Crippen LogP contribution < -0.4 is 10.1 Å². The number of esters is 1. The third-order valence-corrected chi connectivity index (χ3v) is 2.77. The average Bonchev–Trinajstić information content (AvgIpc) is 2.59. The second kappa shape index (κ2) is 8.00. The number of hydrogen-bond donors (Lipinski definition) is 1. The third-order valence-electron chi connectivity index (χ3n) is 2.77. The molecule has 126 valence electrons. The second-order valence-corrected chi connectivity index (χ2v) is 4.53. The fourth-order valence-corrected chi connectivity index (χ4v) is 1.66. The number of carbonyl (C=O) groups is 2. The van der Waals surface area contributed by atoms with E-state index >= 15 is 0 Å². The number of para-hydroxylation sites is 1. The molecule has 0 fully saturated rings. The number of amides is 1. The summed E-state index contributed by atoms with van der Waals surface area (Å²) in [5, 5.41) is 1.97. The molecule has 8 heteroatoms. The van der Waals surface area contributed by atoms with E-state index in [1.54, 1.807) is 30.3 Å². The van der Waals surface area contributed by atoms with Crippen LogP contribution in [0.3, 0.4) is 0 Å². The van der Waals surface area contributed by atoms with Crippen LogP contribution in [0.4, 0.5) is 18.9 Å². The van der Waals surface area contributed by atoms with E-state index in [-0.39, 0.29) is 0 Å². The molecule has 0 aliphatic heterocycles. The van der Waals surface area contributed by atoms with Gasteiger partial charge in [0.2, 0.25) is 0 Å². The summed E-state index contributed by atoms with van der Waals surface area (Å²) in [5.74, 6) is -5.91. The highest BCUT2D eigenvalue weighted by Crippen LogP contribution is 2.19. The second-order valence-electron chi connectivity index (χ2n) is 4.53. The normalized spacial score (nSPS) is 10.1. The van der Waals surface area contributed by atoms with Gasteiger partial charge in [-0.05, 0) is 24.3 Å². The Kier molecular flexibility index (Phi) is 5.78. The van der Waals surface area contributed by atoms with E-state index in [4.69, 9.17) is 4.74 Å². The molecule has 0 spiro atoms. The van der Waals surface area contributed by atoms with Crippen LogP contribution >= 0.6 is 0 Å². The van der Waals surface area contributed by atoms with E-state index < -0.39 is 48.2 Å². The van der Waals surface area contributed by atoms with E-state index in [0.29, 0.717) is 11.8 Å². The number of nitrogens with one attached hydrogen (secondary N) is 1. The van der Waals surface area contributed by atoms with Crippen LogP contribution in [-0.2, 0) is 14.3 Å². The Hall–Kier alpha value is -3.03. The van der Waals surface area contributed by atoms with E-state index in [1.807, 2.05) is 5.32 Å². The molecule has 0 aliphatic rings. The maximum absolute atomic E-state index is 13.4. The molecule has 0 heterocycles. The molecule has 24 heavy (non-hydrogen) atoms. The first-order valence-electron chi connectivity index (χ1n) is 6.74. The van der Waals surface area contributed by atoms with Crippen LogP contribution in [-0.4, -0.2) is 25.1 Å². The highest BCUT2D eigenvalue weighted by atomic mass is 19.2. The number of rotatable bonds is 6. The lowest BCUT2D eigenvalue weighted by molar-refractivity contribution is -0.149. The molecule has 0 saturated carbocycles. The van der Waals surface area contributed by atoms with Gasteiger partial charge in [-0.2, -0.15) is 0 Å². The van der Waals surface area contributed by atoms with Gasteiger partial charge >= 0.3 is 5.97 Å². The minimum Gasteiger partial charge on any atom is -0.482 e. The summed E-state index contributed by atoms with van der Waals surface area (Å²) in [6.45, 7) is -1.15. The zero-order chi connectivity index (χ0) is 17.5. The van der Waals surface area contributed by atoms with Crippen LogP contribution in [0.5, 0.6) is 5.75 Å². The Bertz CT molecular complexity index is 738. The number of hydrogen-bond acceptors (Lipinski definition) is 4. The van der Waals surface area contributed by atoms with Gasteiger partial charge in [-0.25, -0.2) is 18.0 Å². The minimum absolute atomic E-state index is 0.420. The maximum Gasteiger partial charge on any atom is 0.344 e. The molecular formula is C16H12F3NO4. The first-order chi connectivity index (χ1) is 11.5. The van der Waals surface area contributed by atoms with E-state index in [2.05, 4.69) is 4.74 Å². The zero-order valence-electron chi connectivity index (χ0n) is 12.2. The SMILES string of the molecule is O=C(COC(=O)COc1ccccc1)Nc1ccc(F)c(F)c1F. The third kappa shape index (κ3) is 4.73. The van der Waals surface area contributed by atoms with Crippen molar-refractivity contribution in [3.8, 4) is 5.75 Å². The molecule has 1 amide bonds. The smallest absolute Gasteiger partial charge is 0.344 e. The Morgan fingerprint density at radius 2 is 1.62 bits per heavy atom.